The lowest BCUT2D eigenvalue weighted by Crippen LogP contribution is -2.46. The molecule has 0 aromatic heterocycles. The molecule has 3 N–H and O–H groups in total. The van der Waals surface area contributed by atoms with E-state index in [1.165, 1.54) is 37.7 Å². The molecule has 192 valence electrons. The van der Waals surface area contributed by atoms with Crippen LogP contribution in [-0.2, 0) is 6.54 Å². The first kappa shape index (κ1) is 27.0. The Labute approximate surface area is 206 Å². The second-order valence-corrected chi connectivity index (χ2v) is 11.3. The minimum absolute atomic E-state index is 0.199. The van der Waals surface area contributed by atoms with E-state index in [-0.39, 0.29) is 24.0 Å². The van der Waals surface area contributed by atoms with Crippen LogP contribution in [0.5, 0.6) is 11.5 Å². The summed E-state index contributed by atoms with van der Waals surface area (Å²) in [6.45, 7) is 10.2. The third-order valence-corrected chi connectivity index (χ3v) is 9.54. The van der Waals surface area contributed by atoms with E-state index in [0.29, 0.717) is 11.3 Å². The Morgan fingerprint density at radius 2 is 1.68 bits per heavy atom. The standard InChI is InChI=1S/C19H32O2.C10H15NO2/c1-13-4-5-14-10-15(6-8-18(13,14)2)19(3)9-7-17(21)11-16(19)12-20;1-11-7-8-4-9(12-2)6-10(5-8)13-3/h14-17,20-21H,1,4-12H2,2-3H3;4-6,11H,7H2,1-3H3. The van der Waals surface area contributed by atoms with Gasteiger partial charge in [0, 0.05) is 19.2 Å². The summed E-state index contributed by atoms with van der Waals surface area (Å²) in [7, 11) is 5.21. The van der Waals surface area contributed by atoms with Gasteiger partial charge in [0.1, 0.15) is 11.5 Å². The topological polar surface area (TPSA) is 71.0 Å². The molecule has 6 atom stereocenters. The summed E-state index contributed by atoms with van der Waals surface area (Å²) in [6, 6.07) is 5.83. The molecule has 0 heterocycles. The summed E-state index contributed by atoms with van der Waals surface area (Å²) in [6.07, 6.45) is 8.96. The van der Waals surface area contributed by atoms with Crippen LogP contribution in [0.2, 0.25) is 0 Å². The van der Waals surface area contributed by atoms with Gasteiger partial charge in [0.25, 0.3) is 0 Å². The van der Waals surface area contributed by atoms with Gasteiger partial charge >= 0.3 is 0 Å². The maximum atomic E-state index is 9.94. The molecule has 1 aromatic rings. The van der Waals surface area contributed by atoms with Gasteiger partial charge in [0.2, 0.25) is 0 Å². The van der Waals surface area contributed by atoms with E-state index < -0.39 is 0 Å². The predicted molar refractivity (Wildman–Crippen MR) is 138 cm³/mol. The zero-order valence-electron chi connectivity index (χ0n) is 22.0. The summed E-state index contributed by atoms with van der Waals surface area (Å²) < 4.78 is 10.3. The zero-order valence-corrected chi connectivity index (χ0v) is 22.0. The summed E-state index contributed by atoms with van der Waals surface area (Å²) in [5, 5.41) is 22.9. The van der Waals surface area contributed by atoms with Crippen molar-refractivity contribution in [1.29, 1.82) is 0 Å². The van der Waals surface area contributed by atoms with Gasteiger partial charge < -0.3 is 25.0 Å². The maximum Gasteiger partial charge on any atom is 0.122 e. The number of benzene rings is 1. The van der Waals surface area contributed by atoms with E-state index in [9.17, 15) is 10.2 Å². The highest BCUT2D eigenvalue weighted by molar-refractivity contribution is 5.38. The minimum Gasteiger partial charge on any atom is -0.497 e. The van der Waals surface area contributed by atoms with Crippen LogP contribution in [0.25, 0.3) is 0 Å². The van der Waals surface area contributed by atoms with Gasteiger partial charge in [-0.2, -0.15) is 0 Å². The van der Waals surface area contributed by atoms with Gasteiger partial charge in [-0.15, -0.1) is 0 Å². The van der Waals surface area contributed by atoms with Crippen LogP contribution in [-0.4, -0.2) is 44.2 Å². The van der Waals surface area contributed by atoms with Crippen LogP contribution in [0.15, 0.2) is 30.4 Å². The molecule has 34 heavy (non-hydrogen) atoms. The summed E-state index contributed by atoms with van der Waals surface area (Å²) >= 11 is 0. The van der Waals surface area contributed by atoms with Crippen molar-refractivity contribution in [2.45, 2.75) is 77.9 Å². The number of hydrogen-bond acceptors (Lipinski definition) is 5. The Hall–Kier alpha value is -1.56. The van der Waals surface area contributed by atoms with Gasteiger partial charge in [-0.1, -0.05) is 26.0 Å². The lowest BCUT2D eigenvalue weighted by atomic mass is 9.53. The average Bonchev–Trinajstić information content (AvgIpc) is 3.14. The van der Waals surface area contributed by atoms with Gasteiger partial charge in [-0.3, -0.25) is 0 Å². The molecule has 0 spiro atoms. The zero-order chi connectivity index (χ0) is 24.9. The van der Waals surface area contributed by atoms with E-state index >= 15 is 0 Å². The smallest absolute Gasteiger partial charge is 0.122 e. The van der Waals surface area contributed by atoms with Gasteiger partial charge in [0.05, 0.1) is 20.3 Å². The number of nitrogens with one attached hydrogen (secondary N) is 1. The number of methoxy groups -OCH3 is 2. The number of hydrogen-bond donors (Lipinski definition) is 3. The molecule has 1 aromatic carbocycles. The van der Waals surface area contributed by atoms with E-state index in [1.54, 1.807) is 14.2 Å². The molecular formula is C29H47NO4. The van der Waals surface area contributed by atoms with Crippen LogP contribution in [0.4, 0.5) is 0 Å². The van der Waals surface area contributed by atoms with Crippen molar-refractivity contribution in [3.8, 4) is 11.5 Å². The Kier molecular flexibility index (Phi) is 9.10. The highest BCUT2D eigenvalue weighted by atomic mass is 16.5. The molecule has 0 amide bonds. The summed E-state index contributed by atoms with van der Waals surface area (Å²) in [4.78, 5) is 0. The third kappa shape index (κ3) is 5.63. The van der Waals surface area contributed by atoms with E-state index in [4.69, 9.17) is 9.47 Å². The maximum absolute atomic E-state index is 9.94. The number of fused-ring (bicyclic) bond motifs is 1. The summed E-state index contributed by atoms with van der Waals surface area (Å²) in [5.74, 6) is 3.44. The molecule has 0 aliphatic heterocycles. The summed E-state index contributed by atoms with van der Waals surface area (Å²) in [5.41, 5.74) is 3.24. The van der Waals surface area contributed by atoms with Crippen LogP contribution in [0, 0.1) is 28.6 Å². The molecule has 5 heteroatoms. The fourth-order valence-electron chi connectivity index (χ4n) is 6.92. The van der Waals surface area contributed by atoms with Crippen molar-refractivity contribution < 1.29 is 19.7 Å². The Bertz CT molecular complexity index is 804. The molecule has 3 aliphatic carbocycles. The number of allylic oxidation sites excluding steroid dienone is 1. The van der Waals surface area contributed by atoms with Crippen molar-refractivity contribution in [3.05, 3.63) is 35.9 Å². The fourth-order valence-corrected chi connectivity index (χ4v) is 6.92. The van der Waals surface area contributed by atoms with E-state index in [0.717, 1.165) is 48.8 Å². The normalized spacial score (nSPS) is 35.2. The van der Waals surface area contributed by atoms with Crippen molar-refractivity contribution >= 4 is 0 Å². The monoisotopic (exact) mass is 473 g/mol. The van der Waals surface area contributed by atoms with Gasteiger partial charge in [-0.05, 0) is 105 Å². The van der Waals surface area contributed by atoms with Crippen molar-refractivity contribution in [3.63, 3.8) is 0 Å². The van der Waals surface area contributed by atoms with E-state index in [1.807, 2.05) is 25.2 Å². The van der Waals surface area contributed by atoms with Crippen molar-refractivity contribution in [1.82, 2.24) is 5.32 Å². The molecule has 0 bridgehead atoms. The molecule has 4 rings (SSSR count). The molecule has 3 fully saturated rings. The Morgan fingerprint density at radius 1 is 1.00 bits per heavy atom. The first-order valence-corrected chi connectivity index (χ1v) is 13.0. The van der Waals surface area contributed by atoms with Crippen LogP contribution < -0.4 is 14.8 Å². The number of aliphatic hydroxyl groups is 2. The number of ether oxygens (including phenoxy) is 2. The molecule has 0 saturated heterocycles. The first-order valence-electron chi connectivity index (χ1n) is 13.0. The second kappa shape index (κ2) is 11.5. The van der Waals surface area contributed by atoms with Crippen LogP contribution in [0.3, 0.4) is 0 Å². The van der Waals surface area contributed by atoms with Crippen LogP contribution >= 0.6 is 0 Å². The Morgan fingerprint density at radius 3 is 2.26 bits per heavy atom. The fraction of sp³-hybridized carbons (Fsp3) is 0.724. The lowest BCUT2D eigenvalue weighted by Gasteiger charge is -2.52. The number of rotatable bonds is 6. The molecular weight excluding hydrogens is 426 g/mol. The van der Waals surface area contributed by atoms with E-state index in [2.05, 4.69) is 25.7 Å². The average molecular weight is 474 g/mol. The van der Waals surface area contributed by atoms with Crippen molar-refractivity contribution in [2.75, 3.05) is 27.9 Å². The molecule has 6 unspecified atom stereocenters. The largest absolute Gasteiger partial charge is 0.497 e. The lowest BCUT2D eigenvalue weighted by molar-refractivity contribution is -0.0661. The molecule has 5 nitrogen and oxygen atoms in total. The highest BCUT2D eigenvalue weighted by Gasteiger charge is 2.52. The Balaban J connectivity index is 0.000000215. The molecule has 0 radical (unpaired) electrons. The van der Waals surface area contributed by atoms with Gasteiger partial charge in [0.15, 0.2) is 0 Å². The van der Waals surface area contributed by atoms with Gasteiger partial charge in [-0.25, -0.2) is 0 Å². The molecule has 3 aliphatic rings. The minimum atomic E-state index is -0.199. The SMILES string of the molecule is C=C1CCC2CC(C3(C)CCC(O)CC3CO)CCC12C.CNCc1cc(OC)cc(OC)c1. The van der Waals surface area contributed by atoms with Crippen molar-refractivity contribution in [2.24, 2.45) is 28.6 Å². The predicted octanol–water partition coefficient (Wildman–Crippen LogP) is 5.34. The third-order valence-electron chi connectivity index (χ3n) is 9.54. The first-order chi connectivity index (χ1) is 16.2. The second-order valence-electron chi connectivity index (χ2n) is 11.3. The number of aliphatic hydroxyl groups excluding tert-OH is 2. The highest BCUT2D eigenvalue weighted by Crippen LogP contribution is 2.61. The van der Waals surface area contributed by atoms with Crippen LogP contribution in [0.1, 0.15) is 70.8 Å². The molecule has 3 saturated carbocycles. The quantitative estimate of drug-likeness (QED) is 0.487.